The van der Waals surface area contributed by atoms with E-state index in [9.17, 15) is 9.59 Å². The molecule has 34 heavy (non-hydrogen) atoms. The van der Waals surface area contributed by atoms with Gasteiger partial charge in [-0.05, 0) is 31.2 Å². The predicted molar refractivity (Wildman–Crippen MR) is 131 cm³/mol. The lowest BCUT2D eigenvalue weighted by atomic mass is 10.2. The van der Waals surface area contributed by atoms with Gasteiger partial charge in [-0.1, -0.05) is 71.9 Å². The summed E-state index contributed by atoms with van der Waals surface area (Å²) in [7, 11) is 0. The fourth-order valence-electron chi connectivity index (χ4n) is 3.07. The summed E-state index contributed by atoms with van der Waals surface area (Å²) >= 11 is 7.13. The van der Waals surface area contributed by atoms with E-state index in [1.54, 1.807) is 12.1 Å². The topological polar surface area (TPSA) is 99.0 Å². The third-order valence-corrected chi connectivity index (χ3v) is 5.90. The fourth-order valence-corrected chi connectivity index (χ4v) is 3.97. The molecule has 8 nitrogen and oxygen atoms in total. The number of carbonyl (C=O) groups excluding carboxylic acids is 2. The standard InChI is InChI=1S/C24H20ClN5O3S/c1-16(23(32)27-19-13-8-14-26-21(19)25)33-20(31)15-34-24-29-28-22(17-9-4-2-5-10-17)30(24)18-11-6-3-7-12-18/h2-14,16H,15H2,1H3,(H,27,32). The van der Waals surface area contributed by atoms with Crippen LogP contribution in [-0.4, -0.2) is 43.5 Å². The molecule has 4 aromatic rings. The lowest BCUT2D eigenvalue weighted by Crippen LogP contribution is -2.30. The van der Waals surface area contributed by atoms with Gasteiger partial charge in [0, 0.05) is 17.4 Å². The van der Waals surface area contributed by atoms with Crippen molar-refractivity contribution in [3.63, 3.8) is 0 Å². The number of ether oxygens (including phenoxy) is 1. The summed E-state index contributed by atoms with van der Waals surface area (Å²) in [4.78, 5) is 28.7. The van der Waals surface area contributed by atoms with Gasteiger partial charge in [-0.25, -0.2) is 4.98 Å². The maximum Gasteiger partial charge on any atom is 0.317 e. The number of carbonyl (C=O) groups is 2. The second kappa shape index (κ2) is 11.0. The summed E-state index contributed by atoms with van der Waals surface area (Å²) in [5.74, 6) is -0.463. The number of aromatic nitrogens is 4. The predicted octanol–water partition coefficient (Wildman–Crippen LogP) is 4.65. The molecule has 0 radical (unpaired) electrons. The normalized spacial score (nSPS) is 11.6. The van der Waals surface area contributed by atoms with E-state index in [1.165, 1.54) is 24.9 Å². The van der Waals surface area contributed by atoms with Gasteiger partial charge in [0.2, 0.25) is 0 Å². The zero-order valence-electron chi connectivity index (χ0n) is 18.1. The van der Waals surface area contributed by atoms with Crippen LogP contribution in [0.2, 0.25) is 5.15 Å². The number of hydrogen-bond acceptors (Lipinski definition) is 7. The first-order chi connectivity index (χ1) is 16.5. The van der Waals surface area contributed by atoms with Crippen molar-refractivity contribution in [2.45, 2.75) is 18.2 Å². The highest BCUT2D eigenvalue weighted by Crippen LogP contribution is 2.28. The van der Waals surface area contributed by atoms with Crippen molar-refractivity contribution in [3.8, 4) is 17.1 Å². The van der Waals surface area contributed by atoms with Crippen molar-refractivity contribution in [1.29, 1.82) is 0 Å². The molecular weight excluding hydrogens is 474 g/mol. The Bertz CT molecular complexity index is 1280. The third kappa shape index (κ3) is 5.62. The van der Waals surface area contributed by atoms with E-state index in [-0.39, 0.29) is 10.9 Å². The van der Waals surface area contributed by atoms with Crippen molar-refractivity contribution >= 4 is 40.9 Å². The number of amides is 1. The van der Waals surface area contributed by atoms with Crippen LogP contribution in [0, 0.1) is 0 Å². The number of benzene rings is 2. The number of nitrogens with zero attached hydrogens (tertiary/aromatic N) is 4. The zero-order chi connectivity index (χ0) is 23.9. The molecule has 0 saturated heterocycles. The molecule has 2 aromatic carbocycles. The molecule has 172 valence electrons. The van der Waals surface area contributed by atoms with Gasteiger partial charge >= 0.3 is 5.97 Å². The Morgan fingerprint density at radius 2 is 1.74 bits per heavy atom. The number of thioether (sulfide) groups is 1. The number of anilines is 1. The third-order valence-electron chi connectivity index (χ3n) is 4.69. The summed E-state index contributed by atoms with van der Waals surface area (Å²) in [6, 6.07) is 22.6. The van der Waals surface area contributed by atoms with Gasteiger partial charge in [-0.15, -0.1) is 10.2 Å². The first-order valence-corrected chi connectivity index (χ1v) is 11.7. The summed E-state index contributed by atoms with van der Waals surface area (Å²) in [5.41, 5.74) is 2.10. The Labute approximate surface area is 205 Å². The van der Waals surface area contributed by atoms with E-state index in [0.717, 1.165) is 11.3 Å². The van der Waals surface area contributed by atoms with Crippen LogP contribution in [0.4, 0.5) is 5.69 Å². The lowest BCUT2D eigenvalue weighted by molar-refractivity contribution is -0.150. The Morgan fingerprint density at radius 1 is 1.03 bits per heavy atom. The molecule has 0 spiro atoms. The van der Waals surface area contributed by atoms with Gasteiger partial charge in [0.1, 0.15) is 0 Å². The molecule has 1 atom stereocenters. The number of para-hydroxylation sites is 1. The molecule has 0 saturated carbocycles. The van der Waals surface area contributed by atoms with Crippen LogP contribution >= 0.6 is 23.4 Å². The SMILES string of the molecule is CC(OC(=O)CSc1nnc(-c2ccccc2)n1-c1ccccc1)C(=O)Nc1cccnc1Cl. The van der Waals surface area contributed by atoms with E-state index >= 15 is 0 Å². The van der Waals surface area contributed by atoms with Crippen molar-refractivity contribution in [1.82, 2.24) is 19.7 Å². The Balaban J connectivity index is 1.44. The molecule has 2 heterocycles. The van der Waals surface area contributed by atoms with Crippen LogP contribution in [0.5, 0.6) is 0 Å². The number of pyridine rings is 1. The number of hydrogen-bond donors (Lipinski definition) is 1. The molecule has 1 N–H and O–H groups in total. The molecule has 0 aliphatic carbocycles. The molecule has 10 heteroatoms. The van der Waals surface area contributed by atoms with Gasteiger partial charge < -0.3 is 10.1 Å². The quantitative estimate of drug-likeness (QED) is 0.217. The van der Waals surface area contributed by atoms with E-state index in [0.29, 0.717) is 16.7 Å². The average molecular weight is 494 g/mol. The summed E-state index contributed by atoms with van der Waals surface area (Å²) in [6.07, 6.45) is 0.493. The van der Waals surface area contributed by atoms with E-state index in [2.05, 4.69) is 20.5 Å². The van der Waals surface area contributed by atoms with E-state index in [4.69, 9.17) is 16.3 Å². The largest absolute Gasteiger partial charge is 0.452 e. The van der Waals surface area contributed by atoms with Crippen molar-refractivity contribution in [2.75, 3.05) is 11.1 Å². The molecule has 0 bridgehead atoms. The highest BCUT2D eigenvalue weighted by Gasteiger charge is 2.21. The van der Waals surface area contributed by atoms with Crippen molar-refractivity contribution in [2.24, 2.45) is 0 Å². The summed E-state index contributed by atoms with van der Waals surface area (Å²) in [5, 5.41) is 11.9. The minimum atomic E-state index is -1.02. The second-order valence-corrected chi connectivity index (χ2v) is 8.40. The van der Waals surface area contributed by atoms with E-state index < -0.39 is 18.0 Å². The molecule has 0 aliphatic heterocycles. The van der Waals surface area contributed by atoms with Crippen LogP contribution in [0.15, 0.2) is 84.1 Å². The fraction of sp³-hybridized carbons (Fsp3) is 0.125. The maximum absolute atomic E-state index is 12.5. The number of halogens is 1. The summed E-state index contributed by atoms with van der Waals surface area (Å²) in [6.45, 7) is 1.49. The smallest absolute Gasteiger partial charge is 0.317 e. The highest BCUT2D eigenvalue weighted by molar-refractivity contribution is 7.99. The van der Waals surface area contributed by atoms with Crippen LogP contribution < -0.4 is 5.32 Å². The Morgan fingerprint density at radius 3 is 2.44 bits per heavy atom. The number of esters is 1. The lowest BCUT2D eigenvalue weighted by Gasteiger charge is -2.14. The molecule has 0 aliphatic rings. The first kappa shape index (κ1) is 23.5. The highest BCUT2D eigenvalue weighted by atomic mass is 35.5. The maximum atomic E-state index is 12.5. The van der Waals surface area contributed by atoms with Crippen molar-refractivity contribution in [3.05, 3.63) is 84.1 Å². The summed E-state index contributed by atoms with van der Waals surface area (Å²) < 4.78 is 7.17. The molecule has 4 rings (SSSR count). The van der Waals surface area contributed by atoms with E-state index in [1.807, 2.05) is 65.2 Å². The van der Waals surface area contributed by atoms with Gasteiger partial charge in [-0.3, -0.25) is 14.2 Å². The number of nitrogens with one attached hydrogen (secondary N) is 1. The van der Waals surface area contributed by atoms with Crippen LogP contribution in [0.1, 0.15) is 6.92 Å². The molecule has 0 fully saturated rings. The average Bonchev–Trinajstić information content (AvgIpc) is 3.29. The first-order valence-electron chi connectivity index (χ1n) is 10.3. The molecular formula is C24H20ClN5O3S. The van der Waals surface area contributed by atoms with Crippen LogP contribution in [0.3, 0.4) is 0 Å². The van der Waals surface area contributed by atoms with Crippen LogP contribution in [-0.2, 0) is 14.3 Å². The molecule has 1 unspecified atom stereocenters. The molecule has 1 amide bonds. The Kier molecular flexibility index (Phi) is 7.56. The minimum absolute atomic E-state index is 0.0506. The van der Waals surface area contributed by atoms with Gasteiger partial charge in [-0.2, -0.15) is 0 Å². The van der Waals surface area contributed by atoms with Crippen LogP contribution in [0.25, 0.3) is 17.1 Å². The van der Waals surface area contributed by atoms with Gasteiger partial charge in [0.15, 0.2) is 22.2 Å². The monoisotopic (exact) mass is 493 g/mol. The van der Waals surface area contributed by atoms with Crippen molar-refractivity contribution < 1.29 is 14.3 Å². The zero-order valence-corrected chi connectivity index (χ0v) is 19.7. The number of rotatable bonds is 8. The van der Waals surface area contributed by atoms with Gasteiger partial charge in [0.05, 0.1) is 11.4 Å². The minimum Gasteiger partial charge on any atom is -0.452 e. The second-order valence-electron chi connectivity index (χ2n) is 7.09. The van der Waals surface area contributed by atoms with Gasteiger partial charge in [0.25, 0.3) is 5.91 Å². The Hall–Kier alpha value is -3.69. The molecule has 2 aromatic heterocycles.